The number of carbonyl (C=O) groups excluding carboxylic acids is 1. The molecular weight excluding hydrogens is 192 g/mol. The van der Waals surface area contributed by atoms with E-state index in [0.29, 0.717) is 13.0 Å². The number of aliphatic hydroxyl groups is 1. The Hall–Kier alpha value is -0.570. The quantitative estimate of drug-likeness (QED) is 0.731. The van der Waals surface area contributed by atoms with Gasteiger partial charge in [-0.1, -0.05) is 20.8 Å². The van der Waals surface area contributed by atoms with Crippen LogP contribution in [0.3, 0.4) is 0 Å². The smallest absolute Gasteiger partial charge is 0.306 e. The van der Waals surface area contributed by atoms with Crippen molar-refractivity contribution in [2.45, 2.75) is 46.6 Å². The molecule has 1 saturated carbocycles. The summed E-state index contributed by atoms with van der Waals surface area (Å²) in [5.74, 6) is 0.373. The summed E-state index contributed by atoms with van der Waals surface area (Å²) in [6, 6.07) is 0. The van der Waals surface area contributed by atoms with Gasteiger partial charge in [0.2, 0.25) is 0 Å². The molecule has 0 saturated heterocycles. The van der Waals surface area contributed by atoms with Crippen LogP contribution in [0.2, 0.25) is 0 Å². The van der Waals surface area contributed by atoms with Crippen molar-refractivity contribution in [1.29, 1.82) is 0 Å². The van der Waals surface area contributed by atoms with Gasteiger partial charge in [0.15, 0.2) is 0 Å². The first-order chi connectivity index (χ1) is 6.89. The summed E-state index contributed by atoms with van der Waals surface area (Å²) in [4.78, 5) is 11.4. The first-order valence-corrected chi connectivity index (χ1v) is 5.73. The maximum absolute atomic E-state index is 11.4. The molecule has 1 rings (SSSR count). The fourth-order valence-electron chi connectivity index (χ4n) is 2.62. The molecule has 1 aliphatic carbocycles. The molecule has 1 aliphatic rings. The summed E-state index contributed by atoms with van der Waals surface area (Å²) in [6.45, 7) is 8.35. The lowest BCUT2D eigenvalue weighted by Crippen LogP contribution is -2.32. The van der Waals surface area contributed by atoms with Crippen LogP contribution in [0.1, 0.15) is 40.5 Å². The highest BCUT2D eigenvalue weighted by molar-refractivity contribution is 5.69. The van der Waals surface area contributed by atoms with Gasteiger partial charge in [0.05, 0.1) is 12.7 Å². The predicted octanol–water partition coefficient (Wildman–Crippen LogP) is 1.98. The number of rotatable bonds is 3. The molecule has 0 aromatic rings. The molecule has 0 aromatic carbocycles. The van der Waals surface area contributed by atoms with Gasteiger partial charge in [-0.05, 0) is 30.6 Å². The van der Waals surface area contributed by atoms with Crippen LogP contribution < -0.4 is 0 Å². The monoisotopic (exact) mass is 214 g/mol. The van der Waals surface area contributed by atoms with Gasteiger partial charge >= 0.3 is 5.97 Å². The highest BCUT2D eigenvalue weighted by Crippen LogP contribution is 2.47. The summed E-state index contributed by atoms with van der Waals surface area (Å²) in [5, 5.41) is 9.99. The van der Waals surface area contributed by atoms with Crippen molar-refractivity contribution in [2.75, 3.05) is 6.61 Å². The molecule has 3 nitrogen and oxygen atoms in total. The van der Waals surface area contributed by atoms with Crippen molar-refractivity contribution in [3.63, 3.8) is 0 Å². The molecule has 0 aromatic heterocycles. The lowest BCUT2D eigenvalue weighted by Gasteiger charge is -2.30. The predicted molar refractivity (Wildman–Crippen MR) is 58.3 cm³/mol. The van der Waals surface area contributed by atoms with E-state index in [9.17, 15) is 9.90 Å². The molecule has 0 bridgehead atoms. The number of carbonyl (C=O) groups is 1. The largest absolute Gasteiger partial charge is 0.466 e. The second kappa shape index (κ2) is 4.52. The van der Waals surface area contributed by atoms with Crippen LogP contribution in [-0.4, -0.2) is 23.8 Å². The first kappa shape index (κ1) is 12.5. The topological polar surface area (TPSA) is 46.5 Å². The zero-order valence-corrected chi connectivity index (χ0v) is 10.1. The molecular formula is C12H22O3. The molecule has 0 aliphatic heterocycles. The van der Waals surface area contributed by atoms with Crippen LogP contribution in [0.25, 0.3) is 0 Å². The molecule has 1 N–H and O–H groups in total. The van der Waals surface area contributed by atoms with Crippen molar-refractivity contribution in [2.24, 2.45) is 17.3 Å². The van der Waals surface area contributed by atoms with E-state index in [1.165, 1.54) is 0 Å². The third-order valence-electron chi connectivity index (χ3n) is 3.73. The number of aliphatic hydroxyl groups excluding tert-OH is 1. The van der Waals surface area contributed by atoms with E-state index in [-0.39, 0.29) is 29.3 Å². The Balaban J connectivity index is 2.60. The van der Waals surface area contributed by atoms with Gasteiger partial charge in [0.1, 0.15) is 0 Å². The van der Waals surface area contributed by atoms with Gasteiger partial charge in [0, 0.05) is 6.42 Å². The van der Waals surface area contributed by atoms with Crippen LogP contribution in [0, 0.1) is 17.3 Å². The van der Waals surface area contributed by atoms with E-state index in [4.69, 9.17) is 4.74 Å². The average Bonchev–Trinajstić information content (AvgIpc) is 2.31. The Morgan fingerprint density at radius 3 is 2.53 bits per heavy atom. The summed E-state index contributed by atoms with van der Waals surface area (Å²) in [6.07, 6.45) is 1.03. The second-order valence-electron chi connectivity index (χ2n) is 5.19. The lowest BCUT2D eigenvalue weighted by molar-refractivity contribution is -0.145. The van der Waals surface area contributed by atoms with E-state index in [0.717, 1.165) is 6.42 Å². The number of esters is 1. The summed E-state index contributed by atoms with van der Waals surface area (Å²) in [5.41, 5.74) is -0.174. The Bertz CT molecular complexity index is 235. The molecule has 1 fully saturated rings. The molecule has 3 unspecified atom stereocenters. The highest BCUT2D eigenvalue weighted by atomic mass is 16.5. The normalized spacial score (nSPS) is 34.1. The first-order valence-electron chi connectivity index (χ1n) is 5.73. The van der Waals surface area contributed by atoms with Crippen molar-refractivity contribution < 1.29 is 14.6 Å². The van der Waals surface area contributed by atoms with Gasteiger partial charge in [-0.15, -0.1) is 0 Å². The molecule has 0 amide bonds. The highest BCUT2D eigenvalue weighted by Gasteiger charge is 2.47. The molecule has 3 heteroatoms. The van der Waals surface area contributed by atoms with Crippen molar-refractivity contribution in [3.8, 4) is 0 Å². The Morgan fingerprint density at radius 1 is 1.53 bits per heavy atom. The van der Waals surface area contributed by atoms with Gasteiger partial charge in [0.25, 0.3) is 0 Å². The van der Waals surface area contributed by atoms with Crippen LogP contribution in [0.4, 0.5) is 0 Å². The minimum Gasteiger partial charge on any atom is -0.466 e. The maximum atomic E-state index is 11.4. The lowest BCUT2D eigenvalue weighted by atomic mass is 9.78. The third kappa shape index (κ3) is 2.51. The molecule has 0 radical (unpaired) electrons. The van der Waals surface area contributed by atoms with Gasteiger partial charge in [-0.3, -0.25) is 4.79 Å². The van der Waals surface area contributed by atoms with Crippen LogP contribution in [0.5, 0.6) is 0 Å². The van der Waals surface area contributed by atoms with E-state index >= 15 is 0 Å². The van der Waals surface area contributed by atoms with Crippen LogP contribution in [0.15, 0.2) is 0 Å². The molecule has 0 heterocycles. The van der Waals surface area contributed by atoms with Crippen molar-refractivity contribution in [1.82, 2.24) is 0 Å². The summed E-state index contributed by atoms with van der Waals surface area (Å²) in [7, 11) is 0. The minimum atomic E-state index is -0.308. The zero-order valence-electron chi connectivity index (χ0n) is 10.1. The zero-order chi connectivity index (χ0) is 11.6. The second-order valence-corrected chi connectivity index (χ2v) is 5.19. The van der Waals surface area contributed by atoms with E-state index < -0.39 is 0 Å². The summed E-state index contributed by atoms with van der Waals surface area (Å²) < 4.78 is 4.95. The van der Waals surface area contributed by atoms with Crippen LogP contribution in [-0.2, 0) is 9.53 Å². The van der Waals surface area contributed by atoms with E-state index in [2.05, 4.69) is 0 Å². The number of hydrogen-bond donors (Lipinski definition) is 1. The fraction of sp³-hybridized carbons (Fsp3) is 0.917. The Kier molecular flexibility index (Phi) is 3.77. The number of ether oxygens (including phenoxy) is 1. The van der Waals surface area contributed by atoms with Gasteiger partial charge in [-0.25, -0.2) is 0 Å². The van der Waals surface area contributed by atoms with E-state index in [1.807, 2.05) is 27.7 Å². The molecule has 3 atom stereocenters. The minimum absolute atomic E-state index is 0.142. The summed E-state index contributed by atoms with van der Waals surface area (Å²) >= 11 is 0. The Labute approximate surface area is 91.8 Å². The number of hydrogen-bond acceptors (Lipinski definition) is 3. The van der Waals surface area contributed by atoms with Gasteiger partial charge in [-0.2, -0.15) is 0 Å². The standard InChI is InChI=1S/C12H22O3/c1-5-15-10(13)7-9-6-8(2)11(14)12(9,3)4/h8-9,11,14H,5-7H2,1-4H3. The van der Waals surface area contributed by atoms with E-state index in [1.54, 1.807) is 0 Å². The SMILES string of the molecule is CCOC(=O)CC1CC(C)C(O)C1(C)C. The fourth-order valence-corrected chi connectivity index (χ4v) is 2.62. The molecule has 15 heavy (non-hydrogen) atoms. The third-order valence-corrected chi connectivity index (χ3v) is 3.73. The molecule has 0 spiro atoms. The average molecular weight is 214 g/mol. The van der Waals surface area contributed by atoms with Crippen molar-refractivity contribution in [3.05, 3.63) is 0 Å². The van der Waals surface area contributed by atoms with Crippen LogP contribution >= 0.6 is 0 Å². The van der Waals surface area contributed by atoms with Crippen molar-refractivity contribution >= 4 is 5.97 Å². The van der Waals surface area contributed by atoms with Gasteiger partial charge < -0.3 is 9.84 Å². The Morgan fingerprint density at radius 2 is 2.13 bits per heavy atom. The maximum Gasteiger partial charge on any atom is 0.306 e. The molecule has 88 valence electrons.